The minimum atomic E-state index is -0.383. The molecule has 2 amide bonds. The topological polar surface area (TPSA) is 97.8 Å². The number of aromatic nitrogens is 1. The zero-order valence-electron chi connectivity index (χ0n) is 17.7. The second-order valence-electron chi connectivity index (χ2n) is 7.57. The van der Waals surface area contributed by atoms with Gasteiger partial charge in [0.15, 0.2) is 0 Å². The molecule has 1 aromatic rings. The molecule has 2 atom stereocenters. The molecule has 0 spiro atoms. The number of ether oxygens (including phenoxy) is 2. The lowest BCUT2D eigenvalue weighted by molar-refractivity contribution is -0.131. The van der Waals surface area contributed by atoms with E-state index in [1.165, 1.54) is 0 Å². The normalized spacial score (nSPS) is 20.7. The molecule has 2 unspecified atom stereocenters. The first-order valence-electron chi connectivity index (χ1n) is 10.6. The van der Waals surface area contributed by atoms with Crippen LogP contribution >= 0.6 is 11.3 Å². The molecule has 1 N–H and O–H groups in total. The number of likely N-dealkylation sites (tertiary alicyclic amines) is 1. The molecule has 2 aliphatic rings. The summed E-state index contributed by atoms with van der Waals surface area (Å²) in [7, 11) is 0. The van der Waals surface area contributed by atoms with Gasteiger partial charge in [-0.1, -0.05) is 6.08 Å². The van der Waals surface area contributed by atoms with Gasteiger partial charge in [-0.15, -0.1) is 11.3 Å². The van der Waals surface area contributed by atoms with Crippen molar-refractivity contribution in [1.82, 2.24) is 15.2 Å². The van der Waals surface area contributed by atoms with E-state index < -0.39 is 0 Å². The molecule has 2 heterocycles. The third-order valence-corrected chi connectivity index (χ3v) is 6.44. The first-order valence-corrected chi connectivity index (χ1v) is 11.5. The number of hydrogen-bond acceptors (Lipinski definition) is 7. The van der Waals surface area contributed by atoms with Crippen molar-refractivity contribution >= 4 is 35.5 Å². The average molecular weight is 448 g/mol. The number of amides is 2. The number of rotatable bonds is 12. The van der Waals surface area contributed by atoms with Gasteiger partial charge in [-0.2, -0.15) is 0 Å². The van der Waals surface area contributed by atoms with Crippen LogP contribution in [0.15, 0.2) is 23.4 Å². The largest absolute Gasteiger partial charge is 0.495 e. The highest BCUT2D eigenvalue weighted by Crippen LogP contribution is 2.33. The summed E-state index contributed by atoms with van der Waals surface area (Å²) in [6.07, 6.45) is 8.38. The van der Waals surface area contributed by atoms with Crippen LogP contribution in [-0.4, -0.2) is 67.4 Å². The van der Waals surface area contributed by atoms with Gasteiger partial charge in [-0.3, -0.25) is 9.59 Å². The van der Waals surface area contributed by atoms with Crippen molar-refractivity contribution in [1.29, 1.82) is 0 Å². The maximum absolute atomic E-state index is 12.6. The molecular weight excluding hydrogens is 418 g/mol. The molecule has 8 nitrogen and oxygen atoms in total. The van der Waals surface area contributed by atoms with Crippen molar-refractivity contribution in [3.8, 4) is 0 Å². The Labute approximate surface area is 186 Å². The van der Waals surface area contributed by atoms with E-state index in [0.29, 0.717) is 45.8 Å². The molecule has 0 saturated carbocycles. The predicted molar refractivity (Wildman–Crippen MR) is 117 cm³/mol. The summed E-state index contributed by atoms with van der Waals surface area (Å²) in [6.45, 7) is 4.18. The summed E-state index contributed by atoms with van der Waals surface area (Å²) in [5.74, 6) is 0.680. The average Bonchev–Trinajstić information content (AvgIpc) is 3.43. The van der Waals surface area contributed by atoms with Crippen molar-refractivity contribution in [2.24, 2.45) is 5.92 Å². The van der Waals surface area contributed by atoms with Crippen LogP contribution in [0.1, 0.15) is 36.3 Å². The number of nitrogens with one attached hydrogen (secondary N) is 1. The van der Waals surface area contributed by atoms with Gasteiger partial charge >= 0.3 is 0 Å². The van der Waals surface area contributed by atoms with Crippen molar-refractivity contribution in [2.45, 2.75) is 38.6 Å². The third-order valence-electron chi connectivity index (χ3n) is 5.46. The zero-order chi connectivity index (χ0) is 22.1. The van der Waals surface area contributed by atoms with Crippen molar-refractivity contribution < 1.29 is 23.9 Å². The Kier molecular flexibility index (Phi) is 8.78. The molecule has 0 radical (unpaired) electrons. The Hall–Kier alpha value is -2.52. The second-order valence-corrected chi connectivity index (χ2v) is 8.42. The highest BCUT2D eigenvalue weighted by Gasteiger charge is 2.30. The lowest BCUT2D eigenvalue weighted by Crippen LogP contribution is -2.44. The number of carbonyl (C=O) groups is 3. The van der Waals surface area contributed by atoms with Crippen LogP contribution in [0.5, 0.6) is 0 Å². The standard InChI is InChI=1S/C22H29N3O5S/c1-16-21(31-14-24-16)17-5-6-18(20(12-17)30-11-10-29-9-3-8-26)13-23-22(28)19-4-2-7-25(19)15-27/h5,8,12,14-15,18-19H,2-4,6-7,9-11,13H2,1H3,(H,23,28). The van der Waals surface area contributed by atoms with Crippen LogP contribution in [0.2, 0.25) is 0 Å². The van der Waals surface area contributed by atoms with Gasteiger partial charge in [0.2, 0.25) is 12.3 Å². The molecule has 0 aromatic carbocycles. The van der Waals surface area contributed by atoms with Gasteiger partial charge in [0.25, 0.3) is 0 Å². The molecule has 31 heavy (non-hydrogen) atoms. The summed E-state index contributed by atoms with van der Waals surface area (Å²) >= 11 is 1.59. The molecule has 1 aliphatic heterocycles. The molecule has 1 fully saturated rings. The molecule has 3 rings (SSSR count). The summed E-state index contributed by atoms with van der Waals surface area (Å²) in [4.78, 5) is 41.1. The number of aryl methyl sites for hydroxylation is 1. The molecule has 1 aromatic heterocycles. The van der Waals surface area contributed by atoms with Crippen LogP contribution in [0.3, 0.4) is 0 Å². The van der Waals surface area contributed by atoms with Crippen LogP contribution in [0.25, 0.3) is 5.57 Å². The number of hydrogen-bond donors (Lipinski definition) is 1. The van der Waals surface area contributed by atoms with Gasteiger partial charge in [0, 0.05) is 25.4 Å². The molecule has 168 valence electrons. The molecule has 9 heteroatoms. The summed E-state index contributed by atoms with van der Waals surface area (Å²) in [6, 6.07) is -0.383. The van der Waals surface area contributed by atoms with E-state index in [9.17, 15) is 14.4 Å². The van der Waals surface area contributed by atoms with E-state index in [1.807, 2.05) is 18.5 Å². The van der Waals surface area contributed by atoms with E-state index in [0.717, 1.165) is 47.4 Å². The Balaban J connectivity index is 1.60. The lowest BCUT2D eigenvalue weighted by Gasteiger charge is -2.26. The molecule has 1 saturated heterocycles. The van der Waals surface area contributed by atoms with Gasteiger partial charge < -0.3 is 24.5 Å². The number of thiazole rings is 1. The first kappa shape index (κ1) is 23.1. The molecule has 1 aliphatic carbocycles. The summed E-state index contributed by atoms with van der Waals surface area (Å²) in [5.41, 5.74) is 3.88. The maximum Gasteiger partial charge on any atom is 0.242 e. The third kappa shape index (κ3) is 6.24. The smallest absolute Gasteiger partial charge is 0.242 e. The van der Waals surface area contributed by atoms with Gasteiger partial charge in [-0.05, 0) is 37.8 Å². The number of aldehydes is 1. The minimum absolute atomic E-state index is 0.00184. The van der Waals surface area contributed by atoms with E-state index in [-0.39, 0.29) is 17.9 Å². The van der Waals surface area contributed by atoms with Gasteiger partial charge in [0.05, 0.1) is 29.3 Å². The Morgan fingerprint density at radius 3 is 2.97 bits per heavy atom. The number of carbonyl (C=O) groups excluding carboxylic acids is 3. The monoisotopic (exact) mass is 447 g/mol. The summed E-state index contributed by atoms with van der Waals surface area (Å²) in [5, 5.41) is 3.00. The van der Waals surface area contributed by atoms with Crippen LogP contribution in [0.4, 0.5) is 0 Å². The molecule has 0 bridgehead atoms. The number of allylic oxidation sites excluding steroid dienone is 3. The predicted octanol–water partition coefficient (Wildman–Crippen LogP) is 2.10. The van der Waals surface area contributed by atoms with E-state index >= 15 is 0 Å². The van der Waals surface area contributed by atoms with Crippen LogP contribution < -0.4 is 5.32 Å². The zero-order valence-corrected chi connectivity index (χ0v) is 18.6. The Morgan fingerprint density at radius 1 is 1.35 bits per heavy atom. The fourth-order valence-corrected chi connectivity index (χ4v) is 4.60. The fourth-order valence-electron chi connectivity index (χ4n) is 3.79. The van der Waals surface area contributed by atoms with Gasteiger partial charge in [0.1, 0.15) is 24.7 Å². The highest BCUT2D eigenvalue weighted by atomic mass is 32.1. The maximum atomic E-state index is 12.6. The van der Waals surface area contributed by atoms with Crippen molar-refractivity contribution in [3.05, 3.63) is 34.0 Å². The van der Waals surface area contributed by atoms with E-state index in [4.69, 9.17) is 9.47 Å². The fraction of sp³-hybridized carbons (Fsp3) is 0.545. The number of nitrogens with zero attached hydrogens (tertiary/aromatic N) is 2. The van der Waals surface area contributed by atoms with Crippen LogP contribution in [-0.2, 0) is 23.9 Å². The second kappa shape index (κ2) is 11.8. The van der Waals surface area contributed by atoms with Crippen LogP contribution in [0, 0.1) is 12.8 Å². The first-order chi connectivity index (χ1) is 15.1. The SMILES string of the molecule is Cc1ncsc1C1=CCC(CNC(=O)C2CCCN2C=O)C(OCCOCCC=O)=C1. The van der Waals surface area contributed by atoms with E-state index in [1.54, 1.807) is 16.2 Å². The molecular formula is C22H29N3O5S. The van der Waals surface area contributed by atoms with Gasteiger partial charge in [-0.25, -0.2) is 4.98 Å². The lowest BCUT2D eigenvalue weighted by atomic mass is 9.93. The Morgan fingerprint density at radius 2 is 2.23 bits per heavy atom. The van der Waals surface area contributed by atoms with Crippen molar-refractivity contribution in [2.75, 3.05) is 32.9 Å². The quantitative estimate of drug-likeness (QED) is 0.389. The van der Waals surface area contributed by atoms with E-state index in [2.05, 4.69) is 16.4 Å². The van der Waals surface area contributed by atoms with Crippen molar-refractivity contribution in [3.63, 3.8) is 0 Å². The Bertz CT molecular complexity index is 835. The highest BCUT2D eigenvalue weighted by molar-refractivity contribution is 7.11. The minimum Gasteiger partial charge on any atom is -0.495 e. The summed E-state index contributed by atoms with van der Waals surface area (Å²) < 4.78 is 11.4.